The summed E-state index contributed by atoms with van der Waals surface area (Å²) in [6.07, 6.45) is 1.69. The van der Waals surface area contributed by atoms with Gasteiger partial charge in [-0.1, -0.05) is 0 Å². The number of benzene rings is 1. The zero-order chi connectivity index (χ0) is 16.1. The summed E-state index contributed by atoms with van der Waals surface area (Å²) in [7, 11) is 0. The predicted molar refractivity (Wildman–Crippen MR) is 89.4 cm³/mol. The molecule has 6 nitrogen and oxygen atoms in total. The monoisotopic (exact) mass is 343 g/mol. The fourth-order valence-corrected chi connectivity index (χ4v) is 4.59. The van der Waals surface area contributed by atoms with Crippen LogP contribution in [0.5, 0.6) is 11.5 Å². The van der Waals surface area contributed by atoms with E-state index in [0.29, 0.717) is 16.7 Å². The third-order valence-electron chi connectivity index (χ3n) is 5.01. The van der Waals surface area contributed by atoms with Crippen LogP contribution in [0.15, 0.2) is 24.4 Å². The van der Waals surface area contributed by atoms with Gasteiger partial charge in [0.15, 0.2) is 11.5 Å². The second kappa shape index (κ2) is 5.46. The van der Waals surface area contributed by atoms with Crippen molar-refractivity contribution in [3.63, 3.8) is 0 Å². The minimum Gasteiger partial charge on any atom is -0.454 e. The summed E-state index contributed by atoms with van der Waals surface area (Å²) < 4.78 is 10.7. The van der Waals surface area contributed by atoms with E-state index in [1.807, 2.05) is 23.1 Å². The highest BCUT2D eigenvalue weighted by molar-refractivity contribution is 7.16. The number of thiazole rings is 1. The number of hydrogen-bond acceptors (Lipinski definition) is 6. The highest BCUT2D eigenvalue weighted by atomic mass is 32.1. The van der Waals surface area contributed by atoms with E-state index in [2.05, 4.69) is 10.3 Å². The van der Waals surface area contributed by atoms with E-state index in [-0.39, 0.29) is 12.7 Å². The maximum Gasteiger partial charge on any atom is 0.265 e. The van der Waals surface area contributed by atoms with Gasteiger partial charge in [-0.2, -0.15) is 0 Å². The molecule has 0 saturated carbocycles. The Morgan fingerprint density at radius 3 is 2.83 bits per heavy atom. The first-order valence-corrected chi connectivity index (χ1v) is 8.95. The third-order valence-corrected chi connectivity index (χ3v) is 6.05. The van der Waals surface area contributed by atoms with Gasteiger partial charge < -0.3 is 19.7 Å². The number of carbonyl (C=O) groups is 1. The average molecular weight is 343 g/mol. The van der Waals surface area contributed by atoms with Crippen molar-refractivity contribution in [3.05, 3.63) is 29.3 Å². The molecule has 1 aromatic heterocycles. The van der Waals surface area contributed by atoms with Crippen LogP contribution in [0.25, 0.3) is 10.6 Å². The van der Waals surface area contributed by atoms with Gasteiger partial charge in [-0.25, -0.2) is 4.98 Å². The summed E-state index contributed by atoms with van der Waals surface area (Å²) in [4.78, 5) is 19.9. The first-order chi connectivity index (χ1) is 11.8. The zero-order valence-electron chi connectivity index (χ0n) is 13.0. The summed E-state index contributed by atoms with van der Waals surface area (Å²) in [5.41, 5.74) is 0.950. The molecule has 2 saturated heterocycles. The van der Waals surface area contributed by atoms with Crippen LogP contribution >= 0.6 is 11.3 Å². The van der Waals surface area contributed by atoms with Crippen LogP contribution in [-0.4, -0.2) is 48.8 Å². The highest BCUT2D eigenvalue weighted by Crippen LogP contribution is 2.37. The quantitative estimate of drug-likeness (QED) is 0.901. The maximum absolute atomic E-state index is 12.7. The standard InChI is InChI=1S/C17H17N3O3S/c21-17(20-7-11-4-18-5-12(11)8-20)15-6-19-16(24-15)10-1-2-13-14(3-10)23-9-22-13/h1-3,6,11-12,18H,4-5,7-9H2/t11-,12+. The molecule has 5 rings (SSSR count). The zero-order valence-corrected chi connectivity index (χ0v) is 13.8. The molecule has 24 heavy (non-hydrogen) atoms. The van der Waals surface area contributed by atoms with E-state index in [4.69, 9.17) is 9.47 Å². The molecule has 3 aliphatic heterocycles. The number of hydrogen-bond donors (Lipinski definition) is 1. The lowest BCUT2D eigenvalue weighted by atomic mass is 10.0. The summed E-state index contributed by atoms with van der Waals surface area (Å²) >= 11 is 1.44. The molecule has 2 aromatic rings. The lowest BCUT2D eigenvalue weighted by Gasteiger charge is -2.15. The van der Waals surface area contributed by atoms with E-state index in [0.717, 1.165) is 48.2 Å². The van der Waals surface area contributed by atoms with Gasteiger partial charge in [0, 0.05) is 31.7 Å². The average Bonchev–Trinajstić information content (AvgIpc) is 3.35. The molecule has 1 N–H and O–H groups in total. The van der Waals surface area contributed by atoms with Crippen molar-refractivity contribution in [1.29, 1.82) is 0 Å². The molecule has 7 heteroatoms. The summed E-state index contributed by atoms with van der Waals surface area (Å²) in [6, 6.07) is 5.75. The van der Waals surface area contributed by atoms with Crippen LogP contribution in [-0.2, 0) is 0 Å². The van der Waals surface area contributed by atoms with Crippen LogP contribution in [0.3, 0.4) is 0 Å². The first kappa shape index (κ1) is 14.2. The second-order valence-electron chi connectivity index (χ2n) is 6.49. The Kier molecular flexibility index (Phi) is 3.24. The van der Waals surface area contributed by atoms with E-state index in [1.165, 1.54) is 11.3 Å². The van der Waals surface area contributed by atoms with Gasteiger partial charge in [-0.05, 0) is 30.0 Å². The van der Waals surface area contributed by atoms with Gasteiger partial charge in [0.25, 0.3) is 5.91 Å². The maximum atomic E-state index is 12.7. The second-order valence-corrected chi connectivity index (χ2v) is 7.52. The Morgan fingerprint density at radius 1 is 1.21 bits per heavy atom. The van der Waals surface area contributed by atoms with Gasteiger partial charge in [0.2, 0.25) is 6.79 Å². The number of amides is 1. The van der Waals surface area contributed by atoms with Gasteiger partial charge in [-0.3, -0.25) is 4.79 Å². The SMILES string of the molecule is O=C(c1cnc(-c2ccc3c(c2)OCO3)s1)N1C[C@H]2CNC[C@H]2C1. The third kappa shape index (κ3) is 2.27. The predicted octanol–water partition coefficient (Wildman–Crippen LogP) is 1.83. The van der Waals surface area contributed by atoms with Crippen molar-refractivity contribution < 1.29 is 14.3 Å². The largest absolute Gasteiger partial charge is 0.454 e. The molecular formula is C17H17N3O3S. The Balaban J connectivity index is 1.36. The molecule has 4 heterocycles. The van der Waals surface area contributed by atoms with Crippen LogP contribution in [0, 0.1) is 11.8 Å². The molecule has 0 bridgehead atoms. The van der Waals surface area contributed by atoms with Gasteiger partial charge in [-0.15, -0.1) is 11.3 Å². The lowest BCUT2D eigenvalue weighted by molar-refractivity contribution is 0.0786. The molecule has 0 radical (unpaired) electrons. The molecule has 0 spiro atoms. The number of nitrogens with zero attached hydrogens (tertiary/aromatic N) is 2. The summed E-state index contributed by atoms with van der Waals surface area (Å²) in [5, 5.41) is 4.23. The lowest BCUT2D eigenvalue weighted by Crippen LogP contribution is -2.31. The minimum absolute atomic E-state index is 0.105. The first-order valence-electron chi connectivity index (χ1n) is 8.14. The summed E-state index contributed by atoms with van der Waals surface area (Å²) in [6.45, 7) is 4.02. The van der Waals surface area contributed by atoms with Crippen molar-refractivity contribution in [2.75, 3.05) is 33.0 Å². The van der Waals surface area contributed by atoms with E-state index < -0.39 is 0 Å². The topological polar surface area (TPSA) is 63.7 Å². The number of likely N-dealkylation sites (tertiary alicyclic amines) is 1. The smallest absolute Gasteiger partial charge is 0.265 e. The van der Waals surface area contributed by atoms with E-state index >= 15 is 0 Å². The van der Waals surface area contributed by atoms with Crippen LogP contribution in [0.4, 0.5) is 0 Å². The molecule has 0 unspecified atom stereocenters. The minimum atomic E-state index is 0.105. The molecule has 124 valence electrons. The van der Waals surface area contributed by atoms with Crippen LogP contribution < -0.4 is 14.8 Å². The number of fused-ring (bicyclic) bond motifs is 2. The van der Waals surface area contributed by atoms with Gasteiger partial charge >= 0.3 is 0 Å². The van der Waals surface area contributed by atoms with Gasteiger partial charge in [0.05, 0.1) is 6.20 Å². The van der Waals surface area contributed by atoms with Crippen molar-refractivity contribution in [1.82, 2.24) is 15.2 Å². The Bertz CT molecular complexity index is 794. The molecule has 2 fully saturated rings. The van der Waals surface area contributed by atoms with Crippen molar-refractivity contribution in [2.24, 2.45) is 11.8 Å². The molecule has 1 aromatic carbocycles. The normalized spacial score (nSPS) is 24.4. The summed E-state index contributed by atoms with van der Waals surface area (Å²) in [5.74, 6) is 2.80. The molecule has 2 atom stereocenters. The fraction of sp³-hybridized carbons (Fsp3) is 0.412. The van der Waals surface area contributed by atoms with Crippen LogP contribution in [0.1, 0.15) is 9.67 Å². The number of aromatic nitrogens is 1. The molecule has 1 amide bonds. The Labute approximate surface area is 143 Å². The molecule has 0 aliphatic carbocycles. The van der Waals surface area contributed by atoms with Crippen LogP contribution in [0.2, 0.25) is 0 Å². The Morgan fingerprint density at radius 2 is 2.00 bits per heavy atom. The van der Waals surface area contributed by atoms with Crippen molar-refractivity contribution >= 4 is 17.2 Å². The number of rotatable bonds is 2. The number of ether oxygens (including phenoxy) is 2. The van der Waals surface area contributed by atoms with Crippen molar-refractivity contribution in [3.8, 4) is 22.1 Å². The fourth-order valence-electron chi connectivity index (χ4n) is 3.71. The van der Waals surface area contributed by atoms with Gasteiger partial charge in [0.1, 0.15) is 9.88 Å². The molecular weight excluding hydrogens is 326 g/mol. The van der Waals surface area contributed by atoms with Crippen molar-refractivity contribution in [2.45, 2.75) is 0 Å². The van der Waals surface area contributed by atoms with E-state index in [1.54, 1.807) is 6.20 Å². The highest BCUT2D eigenvalue weighted by Gasteiger charge is 2.38. The molecule has 3 aliphatic rings. The number of carbonyl (C=O) groups excluding carboxylic acids is 1. The van der Waals surface area contributed by atoms with E-state index in [9.17, 15) is 4.79 Å². The number of nitrogens with one attached hydrogen (secondary N) is 1. The Hall–Kier alpha value is -2.12.